The molecule has 0 bridgehead atoms. The van der Waals surface area contributed by atoms with E-state index in [4.69, 9.17) is 5.11 Å². The number of hydrogen-bond acceptors (Lipinski definition) is 3. The van der Waals surface area contributed by atoms with Gasteiger partial charge in [-0.2, -0.15) is 0 Å². The maximum absolute atomic E-state index is 10.2. The van der Waals surface area contributed by atoms with Crippen LogP contribution < -0.4 is 5.48 Å². The Morgan fingerprint density at radius 2 is 2.50 bits per heavy atom. The summed E-state index contributed by atoms with van der Waals surface area (Å²) in [4.78, 5) is 10.2. The third-order valence-electron chi connectivity index (χ3n) is 1.05. The van der Waals surface area contributed by atoms with Crippen LogP contribution in [0.5, 0.6) is 0 Å². The molecule has 2 N–H and O–H groups in total. The molecule has 0 amide bonds. The van der Waals surface area contributed by atoms with E-state index in [-0.39, 0.29) is 0 Å². The standard InChI is InChI=1S/C5H10NO3Se/c1-10-3-2-4(6-9)5(7)8/h4,6H,2-3H2,1H3,(H,7,8)/q-1/t4-/m0/s1. The zero-order chi connectivity index (χ0) is 7.98. The van der Waals surface area contributed by atoms with Crippen molar-refractivity contribution in [1.82, 2.24) is 5.48 Å². The van der Waals surface area contributed by atoms with Crippen molar-refractivity contribution in [3.8, 4) is 0 Å². The van der Waals surface area contributed by atoms with Gasteiger partial charge in [0, 0.05) is 0 Å². The summed E-state index contributed by atoms with van der Waals surface area (Å²) in [6, 6.07) is -0.901. The van der Waals surface area contributed by atoms with Gasteiger partial charge in [-0.3, -0.25) is 0 Å². The van der Waals surface area contributed by atoms with Crippen molar-refractivity contribution in [3.05, 3.63) is 5.21 Å². The molecule has 0 aliphatic rings. The van der Waals surface area contributed by atoms with Crippen molar-refractivity contribution in [2.24, 2.45) is 0 Å². The molecule has 0 aromatic heterocycles. The Morgan fingerprint density at radius 3 is 2.80 bits per heavy atom. The second-order valence-corrected chi connectivity index (χ2v) is 3.86. The van der Waals surface area contributed by atoms with E-state index in [0.29, 0.717) is 21.4 Å². The molecule has 0 unspecified atom stereocenters. The number of hydroxylamine groups is 1. The molecule has 60 valence electrons. The molecule has 0 aliphatic heterocycles. The van der Waals surface area contributed by atoms with Crippen molar-refractivity contribution in [1.29, 1.82) is 0 Å². The van der Waals surface area contributed by atoms with E-state index in [2.05, 4.69) is 0 Å². The summed E-state index contributed by atoms with van der Waals surface area (Å²) < 4.78 is 0. The first-order valence-electron chi connectivity index (χ1n) is 2.81. The van der Waals surface area contributed by atoms with Crippen molar-refractivity contribution in [2.45, 2.75) is 23.6 Å². The molecule has 0 aliphatic carbocycles. The minimum absolute atomic E-state index is 0.440. The molecular weight excluding hydrogens is 201 g/mol. The Labute approximate surface area is 65.7 Å². The topological polar surface area (TPSA) is 72.4 Å². The number of carbonyl (C=O) groups is 1. The molecule has 0 spiro atoms. The fraction of sp³-hybridized carbons (Fsp3) is 0.800. The molecule has 5 heteroatoms. The average molecular weight is 211 g/mol. The van der Waals surface area contributed by atoms with Crippen LogP contribution in [0.4, 0.5) is 0 Å². The van der Waals surface area contributed by atoms with Gasteiger partial charge in [0.25, 0.3) is 0 Å². The molecule has 0 heterocycles. The molecule has 0 fully saturated rings. The average Bonchev–Trinajstić information content (AvgIpc) is 1.89. The van der Waals surface area contributed by atoms with E-state index in [1.54, 1.807) is 0 Å². The third-order valence-corrected chi connectivity index (χ3v) is 2.40. The van der Waals surface area contributed by atoms with Crippen molar-refractivity contribution < 1.29 is 9.90 Å². The summed E-state index contributed by atoms with van der Waals surface area (Å²) in [5.74, 6) is 0.954. The van der Waals surface area contributed by atoms with Gasteiger partial charge < -0.3 is 0 Å². The molecule has 10 heavy (non-hydrogen) atoms. The van der Waals surface area contributed by atoms with Gasteiger partial charge in [0.15, 0.2) is 0 Å². The maximum atomic E-state index is 10.2. The molecule has 0 radical (unpaired) electrons. The number of carboxylic acids is 1. The van der Waals surface area contributed by atoms with Crippen molar-refractivity contribution in [2.75, 3.05) is 0 Å². The number of aliphatic carboxylic acids is 1. The second kappa shape index (κ2) is 5.68. The molecule has 0 aromatic carbocycles. The zero-order valence-corrected chi connectivity index (χ0v) is 7.38. The minimum atomic E-state index is -1.06. The summed E-state index contributed by atoms with van der Waals surface area (Å²) in [6.07, 6.45) is 0.440. The Bertz CT molecular complexity index is 109. The molecule has 0 rings (SSSR count). The number of nitrogens with one attached hydrogen (secondary N) is 1. The van der Waals surface area contributed by atoms with E-state index < -0.39 is 12.0 Å². The molecule has 0 aromatic rings. The number of rotatable bonds is 5. The first kappa shape index (κ1) is 9.91. The van der Waals surface area contributed by atoms with Crippen LogP contribution in [-0.2, 0) is 4.79 Å². The molecule has 0 saturated carbocycles. The summed E-state index contributed by atoms with van der Waals surface area (Å²) in [5.41, 5.74) is 1.50. The number of carboxylic acid groups (broad SMARTS) is 1. The predicted octanol–water partition coefficient (Wildman–Crippen LogP) is 0.0877. The van der Waals surface area contributed by atoms with Crippen LogP contribution >= 0.6 is 0 Å². The monoisotopic (exact) mass is 212 g/mol. The summed E-state index contributed by atoms with van der Waals surface area (Å²) in [7, 11) is 0. The van der Waals surface area contributed by atoms with E-state index in [9.17, 15) is 10.0 Å². The van der Waals surface area contributed by atoms with E-state index in [1.165, 1.54) is 5.48 Å². The summed E-state index contributed by atoms with van der Waals surface area (Å²) >= 11 is 0.449. The Hall–Kier alpha value is -0.0905. The predicted molar refractivity (Wildman–Crippen MR) is 39.0 cm³/mol. The summed E-state index contributed by atoms with van der Waals surface area (Å²) in [5, 5.41) is 19.1. The fourth-order valence-electron chi connectivity index (χ4n) is 0.469. The van der Waals surface area contributed by atoms with Crippen LogP contribution in [-0.4, -0.2) is 32.1 Å². The second-order valence-electron chi connectivity index (χ2n) is 1.79. The van der Waals surface area contributed by atoms with Gasteiger partial charge in [-0.25, -0.2) is 0 Å². The normalized spacial score (nSPS) is 13.0. The van der Waals surface area contributed by atoms with Gasteiger partial charge in [-0.1, -0.05) is 0 Å². The van der Waals surface area contributed by atoms with Crippen LogP contribution in [0.3, 0.4) is 0 Å². The molecular formula is C5H10NO3Se-. The zero-order valence-electron chi connectivity index (χ0n) is 5.66. The van der Waals surface area contributed by atoms with E-state index in [0.717, 1.165) is 5.32 Å². The Morgan fingerprint density at radius 1 is 1.90 bits per heavy atom. The van der Waals surface area contributed by atoms with Crippen LogP contribution in [0.1, 0.15) is 6.42 Å². The molecule has 4 nitrogen and oxygen atoms in total. The van der Waals surface area contributed by atoms with Gasteiger partial charge in [-0.15, -0.1) is 0 Å². The van der Waals surface area contributed by atoms with Crippen LogP contribution in [0, 0.1) is 5.21 Å². The summed E-state index contributed by atoms with van der Waals surface area (Å²) in [6.45, 7) is 0. The quantitative estimate of drug-likeness (QED) is 0.499. The van der Waals surface area contributed by atoms with Gasteiger partial charge >= 0.3 is 65.1 Å². The fourth-order valence-corrected chi connectivity index (χ4v) is 1.46. The number of hydrogen-bond donors (Lipinski definition) is 2. The van der Waals surface area contributed by atoms with Crippen molar-refractivity contribution in [3.63, 3.8) is 0 Å². The first-order chi connectivity index (χ1) is 4.72. The van der Waals surface area contributed by atoms with Gasteiger partial charge in [-0.05, 0) is 0 Å². The first-order valence-corrected chi connectivity index (χ1v) is 5.74. The van der Waals surface area contributed by atoms with Crippen LogP contribution in [0.2, 0.25) is 11.1 Å². The van der Waals surface area contributed by atoms with Crippen LogP contribution in [0.25, 0.3) is 0 Å². The molecule has 1 atom stereocenters. The Balaban J connectivity index is 3.50. The molecule has 0 saturated heterocycles. The SMILES string of the molecule is C[Se]CC[C@H](N[O-])C(=O)O. The van der Waals surface area contributed by atoms with Gasteiger partial charge in [0.1, 0.15) is 0 Å². The van der Waals surface area contributed by atoms with Gasteiger partial charge in [0.2, 0.25) is 0 Å². The van der Waals surface area contributed by atoms with E-state index >= 15 is 0 Å². The van der Waals surface area contributed by atoms with E-state index in [1.807, 2.05) is 5.82 Å². The van der Waals surface area contributed by atoms with Crippen molar-refractivity contribution >= 4 is 20.9 Å². The third kappa shape index (κ3) is 3.85. The van der Waals surface area contributed by atoms with Crippen LogP contribution in [0.15, 0.2) is 0 Å². The Kier molecular flexibility index (Phi) is 5.62. The van der Waals surface area contributed by atoms with Gasteiger partial charge in [0.05, 0.1) is 0 Å².